The van der Waals surface area contributed by atoms with Crippen molar-refractivity contribution >= 4 is 5.69 Å². The molecule has 2 aliphatic rings. The van der Waals surface area contributed by atoms with Crippen molar-refractivity contribution in [2.75, 3.05) is 25.0 Å². The van der Waals surface area contributed by atoms with Crippen molar-refractivity contribution in [2.24, 2.45) is 0 Å². The highest BCUT2D eigenvalue weighted by Gasteiger charge is 2.47. The molecule has 2 aromatic carbocycles. The highest BCUT2D eigenvalue weighted by Crippen LogP contribution is 2.52. The van der Waals surface area contributed by atoms with E-state index in [2.05, 4.69) is 34.5 Å². The molecule has 1 aliphatic carbocycles. The lowest BCUT2D eigenvalue weighted by Crippen LogP contribution is -2.42. The van der Waals surface area contributed by atoms with Gasteiger partial charge in [0.1, 0.15) is 5.82 Å². The molecule has 1 aliphatic heterocycles. The van der Waals surface area contributed by atoms with Crippen LogP contribution in [-0.4, -0.2) is 31.3 Å². The predicted molar refractivity (Wildman–Crippen MR) is 103 cm³/mol. The summed E-state index contributed by atoms with van der Waals surface area (Å²) in [5.41, 5.74) is 3.61. The molecule has 1 heterocycles. The third kappa shape index (κ3) is 2.91. The van der Waals surface area contributed by atoms with Gasteiger partial charge in [0.15, 0.2) is 0 Å². The number of nitrogens with zero attached hydrogens (tertiary/aromatic N) is 1. The van der Waals surface area contributed by atoms with Crippen molar-refractivity contribution in [2.45, 2.75) is 43.2 Å². The van der Waals surface area contributed by atoms with E-state index in [0.29, 0.717) is 6.54 Å². The molecule has 1 fully saturated rings. The Hall–Kier alpha value is -1.91. The zero-order valence-electron chi connectivity index (χ0n) is 15.3. The van der Waals surface area contributed by atoms with Gasteiger partial charge in [-0.05, 0) is 49.2 Å². The Morgan fingerprint density at radius 1 is 1.15 bits per heavy atom. The maximum atomic E-state index is 13.9. The Morgan fingerprint density at radius 3 is 2.65 bits per heavy atom. The molecule has 1 saturated carbocycles. The number of fused-ring (bicyclic) bond motifs is 2. The predicted octanol–water partition coefficient (Wildman–Crippen LogP) is 3.78. The van der Waals surface area contributed by atoms with Gasteiger partial charge >= 0.3 is 0 Å². The van der Waals surface area contributed by atoms with E-state index in [0.717, 1.165) is 12.1 Å². The first-order valence-corrected chi connectivity index (χ1v) is 9.59. The van der Waals surface area contributed by atoms with Crippen LogP contribution in [0, 0.1) is 5.82 Å². The van der Waals surface area contributed by atoms with Crippen LogP contribution in [0.2, 0.25) is 0 Å². The second-order valence-electron chi connectivity index (χ2n) is 7.76. The van der Waals surface area contributed by atoms with E-state index >= 15 is 0 Å². The van der Waals surface area contributed by atoms with Crippen LogP contribution < -0.4 is 10.2 Å². The molecule has 26 heavy (non-hydrogen) atoms. The molecule has 0 aromatic heterocycles. The standard InChI is InChI=1S/C22H27FN2O/c1-24-14-20(26)21(16-7-6-8-17(23)13-16)25-15-22(11-4-5-12-22)18-9-2-3-10-19(18)25/h2-3,6-10,13,20-21,24,26H,4-5,11-12,14-15H2,1H3. The van der Waals surface area contributed by atoms with Crippen LogP contribution >= 0.6 is 0 Å². The maximum absolute atomic E-state index is 13.9. The van der Waals surface area contributed by atoms with Crippen LogP contribution in [0.1, 0.15) is 42.9 Å². The zero-order valence-corrected chi connectivity index (χ0v) is 15.3. The molecule has 2 atom stereocenters. The third-order valence-corrected chi connectivity index (χ3v) is 6.12. The van der Waals surface area contributed by atoms with E-state index in [1.807, 2.05) is 13.1 Å². The smallest absolute Gasteiger partial charge is 0.123 e. The summed E-state index contributed by atoms with van der Waals surface area (Å²) in [5, 5.41) is 14.0. The van der Waals surface area contributed by atoms with Crippen molar-refractivity contribution < 1.29 is 9.50 Å². The van der Waals surface area contributed by atoms with Crippen molar-refractivity contribution in [3.63, 3.8) is 0 Å². The highest BCUT2D eigenvalue weighted by molar-refractivity contribution is 5.64. The molecular weight excluding hydrogens is 327 g/mol. The number of hydrogen-bond acceptors (Lipinski definition) is 3. The number of aliphatic hydroxyl groups is 1. The minimum absolute atomic E-state index is 0.182. The molecule has 3 nitrogen and oxygen atoms in total. The molecule has 2 aromatic rings. The Labute approximate surface area is 154 Å². The van der Waals surface area contributed by atoms with E-state index in [1.165, 1.54) is 43.0 Å². The van der Waals surface area contributed by atoms with E-state index < -0.39 is 6.10 Å². The van der Waals surface area contributed by atoms with E-state index in [1.54, 1.807) is 12.1 Å². The number of anilines is 1. The Balaban J connectivity index is 1.79. The summed E-state index contributed by atoms with van der Waals surface area (Å²) < 4.78 is 13.9. The minimum Gasteiger partial charge on any atom is -0.389 e. The summed E-state index contributed by atoms with van der Waals surface area (Å²) in [7, 11) is 1.84. The maximum Gasteiger partial charge on any atom is 0.123 e. The van der Waals surface area contributed by atoms with Gasteiger partial charge in [0, 0.05) is 24.2 Å². The van der Waals surface area contributed by atoms with Gasteiger partial charge < -0.3 is 15.3 Å². The SMILES string of the molecule is CNCC(O)C(c1cccc(F)c1)N1CC2(CCCC2)c2ccccc21. The summed E-state index contributed by atoms with van der Waals surface area (Å²) >= 11 is 0. The molecule has 4 heteroatoms. The second-order valence-corrected chi connectivity index (χ2v) is 7.76. The van der Waals surface area contributed by atoms with Crippen molar-refractivity contribution in [3.05, 3.63) is 65.5 Å². The molecule has 138 valence electrons. The number of likely N-dealkylation sites (N-methyl/N-ethyl adjacent to an activating group) is 1. The first kappa shape index (κ1) is 17.5. The van der Waals surface area contributed by atoms with Gasteiger partial charge in [-0.1, -0.05) is 43.2 Å². The molecule has 0 saturated heterocycles. The molecular formula is C22H27FN2O. The number of benzene rings is 2. The molecule has 0 amide bonds. The summed E-state index contributed by atoms with van der Waals surface area (Å²) in [5.74, 6) is -0.257. The molecule has 0 bridgehead atoms. The lowest BCUT2D eigenvalue weighted by atomic mass is 9.81. The third-order valence-electron chi connectivity index (χ3n) is 6.12. The summed E-state index contributed by atoms with van der Waals surface area (Å²) in [4.78, 5) is 2.32. The number of para-hydroxylation sites is 1. The Kier molecular flexibility index (Phi) is 4.72. The first-order valence-electron chi connectivity index (χ1n) is 9.59. The Morgan fingerprint density at radius 2 is 1.92 bits per heavy atom. The largest absolute Gasteiger partial charge is 0.389 e. The quantitative estimate of drug-likeness (QED) is 0.858. The average Bonchev–Trinajstić information content (AvgIpc) is 3.23. The van der Waals surface area contributed by atoms with Crippen molar-refractivity contribution in [1.82, 2.24) is 5.32 Å². The lowest BCUT2D eigenvalue weighted by Gasteiger charge is -2.36. The topological polar surface area (TPSA) is 35.5 Å². The molecule has 2 unspecified atom stereocenters. The second kappa shape index (κ2) is 7.01. The van der Waals surface area contributed by atoms with Gasteiger partial charge in [0.25, 0.3) is 0 Å². The van der Waals surface area contributed by atoms with Crippen LogP contribution in [0.15, 0.2) is 48.5 Å². The van der Waals surface area contributed by atoms with Gasteiger partial charge in [-0.3, -0.25) is 0 Å². The van der Waals surface area contributed by atoms with Crippen LogP contribution in [0.25, 0.3) is 0 Å². The van der Waals surface area contributed by atoms with Crippen LogP contribution in [0.5, 0.6) is 0 Å². The van der Waals surface area contributed by atoms with Gasteiger partial charge in [-0.25, -0.2) is 4.39 Å². The molecule has 4 rings (SSSR count). The summed E-state index contributed by atoms with van der Waals surface area (Å²) in [6.45, 7) is 1.36. The summed E-state index contributed by atoms with van der Waals surface area (Å²) in [6.07, 6.45) is 4.28. The fourth-order valence-electron chi connectivity index (χ4n) is 5.02. The normalized spacial score (nSPS) is 20.3. The van der Waals surface area contributed by atoms with E-state index in [-0.39, 0.29) is 17.3 Å². The van der Waals surface area contributed by atoms with Crippen molar-refractivity contribution in [3.8, 4) is 0 Å². The van der Waals surface area contributed by atoms with Gasteiger partial charge in [0.2, 0.25) is 0 Å². The van der Waals surface area contributed by atoms with Gasteiger partial charge in [-0.2, -0.15) is 0 Å². The minimum atomic E-state index is -0.619. The van der Waals surface area contributed by atoms with E-state index in [4.69, 9.17) is 0 Å². The number of nitrogens with one attached hydrogen (secondary N) is 1. The molecule has 1 spiro atoms. The molecule has 2 N–H and O–H groups in total. The summed E-state index contributed by atoms with van der Waals surface area (Å²) in [6, 6.07) is 15.0. The van der Waals surface area contributed by atoms with Crippen molar-refractivity contribution in [1.29, 1.82) is 0 Å². The van der Waals surface area contributed by atoms with Crippen LogP contribution in [-0.2, 0) is 5.41 Å². The van der Waals surface area contributed by atoms with Gasteiger partial charge in [-0.15, -0.1) is 0 Å². The monoisotopic (exact) mass is 354 g/mol. The average molecular weight is 354 g/mol. The number of aliphatic hydroxyl groups excluding tert-OH is 1. The number of hydrogen-bond donors (Lipinski definition) is 2. The number of rotatable bonds is 5. The lowest BCUT2D eigenvalue weighted by molar-refractivity contribution is 0.139. The van der Waals surface area contributed by atoms with Crippen LogP contribution in [0.4, 0.5) is 10.1 Å². The molecule has 0 radical (unpaired) electrons. The number of halogens is 1. The van der Waals surface area contributed by atoms with E-state index in [9.17, 15) is 9.50 Å². The Bertz CT molecular complexity index is 772. The zero-order chi connectivity index (χ0) is 18.1. The fraction of sp³-hybridized carbons (Fsp3) is 0.455. The highest BCUT2D eigenvalue weighted by atomic mass is 19.1. The first-order chi connectivity index (χ1) is 12.6. The van der Waals surface area contributed by atoms with Crippen LogP contribution in [0.3, 0.4) is 0 Å². The van der Waals surface area contributed by atoms with Gasteiger partial charge in [0.05, 0.1) is 12.1 Å². The fourth-order valence-corrected chi connectivity index (χ4v) is 5.02.